The van der Waals surface area contributed by atoms with E-state index in [-0.39, 0.29) is 10.8 Å². The number of hydrogen-bond acceptors (Lipinski definition) is 6. The number of aromatic nitrogens is 2. The smallest absolute Gasteiger partial charge is 0.160 e. The lowest BCUT2D eigenvalue weighted by Crippen LogP contribution is -2.25. The zero-order valence-corrected chi connectivity index (χ0v) is 86.1. The van der Waals surface area contributed by atoms with Crippen molar-refractivity contribution in [3.05, 3.63) is 370 Å². The molecule has 0 bridgehead atoms. The first-order valence-electron chi connectivity index (χ1n) is 53.6. The van der Waals surface area contributed by atoms with Crippen LogP contribution in [0.15, 0.2) is 312 Å². The maximum Gasteiger partial charge on any atom is 0.160 e. The number of aryl methyl sites for hydroxylation is 4. The van der Waals surface area contributed by atoms with Gasteiger partial charge in [0.05, 0.1) is 11.4 Å². The van der Waals surface area contributed by atoms with Crippen LogP contribution in [0.4, 0.5) is 0 Å². The molecule has 0 saturated carbocycles. The van der Waals surface area contributed by atoms with Crippen molar-refractivity contribution in [1.82, 2.24) is 9.97 Å². The Hall–Kier alpha value is -13.1. The average molecular weight is 1890 g/mol. The normalized spacial score (nSPS) is 13.1. The molecule has 0 radical (unpaired) electrons. The molecule has 0 fully saturated rings. The molecule has 0 atom stereocenters. The molecule has 0 aliphatic heterocycles. The van der Waals surface area contributed by atoms with Crippen molar-refractivity contribution in [3.63, 3.8) is 0 Å². The van der Waals surface area contributed by atoms with E-state index in [1.54, 1.807) is 16.7 Å². The first kappa shape index (κ1) is 95.1. The number of benzene rings is 15. The largest absolute Gasteiger partial charge is 0.456 e. The van der Waals surface area contributed by atoms with Gasteiger partial charge < -0.3 is 8.83 Å². The maximum absolute atomic E-state index is 6.35. The Morgan fingerprint density at radius 3 is 0.979 bits per heavy atom. The van der Waals surface area contributed by atoms with Crippen LogP contribution in [0, 0.1) is 27.7 Å². The number of unbranched alkanes of at least 4 members (excludes halogenated alkanes) is 20. The Balaban J connectivity index is 0.000000168. The minimum absolute atomic E-state index is 0.0152. The summed E-state index contributed by atoms with van der Waals surface area (Å²) >= 11 is 3.67. The summed E-state index contributed by atoms with van der Waals surface area (Å²) in [6.07, 6.45) is 45.0. The van der Waals surface area contributed by atoms with Crippen molar-refractivity contribution >= 4 is 131 Å². The van der Waals surface area contributed by atoms with E-state index in [0.29, 0.717) is 0 Å². The van der Waals surface area contributed by atoms with Gasteiger partial charge in [0.25, 0.3) is 0 Å². The molecule has 142 heavy (non-hydrogen) atoms. The van der Waals surface area contributed by atoms with E-state index in [2.05, 4.69) is 377 Å². The van der Waals surface area contributed by atoms with Gasteiger partial charge in [0.2, 0.25) is 0 Å². The lowest BCUT2D eigenvalue weighted by molar-refractivity contribution is 0.398. The SMILES string of the molecule is CCCCCCCCC1(CCCCCCCC)c2cc(C)ccc2-c2ccc(-c3cc(-c4ccc(/C=C/c5ccc(C)cc5)cc4)cc(-c4ccc5sc6cc7oc8ccccc8c7cc6c5c4)c3)cc21.CCCCCCCCC1(CCCCCCCC)c2cc(C)ccc2-c2ccc(-c3cc(-c4ccc(/C=C/c5ccc(C)cc5)cc4)nc(-c4ccc5sc6cc7oc8ccccc8c7cc6c5c4)n3)cc21. The Morgan fingerprint density at radius 2 is 0.542 bits per heavy atom. The standard InChI is InChI=1S/C69H68OS.C67H66N2OS/c1-5-7-9-11-13-17-37-69(38-18-14-12-10-8-6-2)63-39-48(4)23-34-57(63)58-35-32-53(44-64(58)69)56-41-54(51-30-28-50(29-31-51)27-26-49-24-21-47(3)22-25-49)40-55(42-56)52-33-36-67-61(43-52)62-45-60-59-19-15-16-20-65(59)70-66(60)46-68(62)71-67;1-5-7-9-11-13-17-37-67(38-18-14-12-10-8-6-2)58-39-46(4)23-34-52(58)53-35-32-50(41-59(53)67)61-43-60(49-30-28-48(29-31-49)27-26-47-24-21-45(3)22-25-47)68-66(69-61)51-33-36-64-56(40-51)57-42-55-54-19-15-16-20-62(54)70-63(55)44-65(57)71-64/h15-16,19-36,39-46H,5-14,17-18,37-38H2,1-4H3;15-16,19-36,39-44H,5-14,17-18,37-38H2,1-4H3/b2*27-26+. The molecule has 5 aromatic heterocycles. The molecule has 712 valence electrons. The van der Waals surface area contributed by atoms with Crippen molar-refractivity contribution in [2.75, 3.05) is 0 Å². The first-order chi connectivity index (χ1) is 69.7. The minimum Gasteiger partial charge on any atom is -0.456 e. The van der Waals surface area contributed by atoms with E-state index >= 15 is 0 Å². The van der Waals surface area contributed by atoms with Gasteiger partial charge in [-0.15, -0.1) is 22.7 Å². The van der Waals surface area contributed by atoms with Crippen molar-refractivity contribution < 1.29 is 8.83 Å². The van der Waals surface area contributed by atoms with E-state index in [0.717, 1.165) is 72.6 Å². The first-order valence-corrected chi connectivity index (χ1v) is 55.2. The highest BCUT2D eigenvalue weighted by molar-refractivity contribution is 7.26. The van der Waals surface area contributed by atoms with Crippen LogP contribution < -0.4 is 0 Å². The van der Waals surface area contributed by atoms with Crippen LogP contribution in [0.25, 0.3) is 198 Å². The summed E-state index contributed by atoms with van der Waals surface area (Å²) in [7, 11) is 0. The number of nitrogens with zero attached hydrogens (tertiary/aromatic N) is 2. The molecule has 4 nitrogen and oxygen atoms in total. The monoisotopic (exact) mass is 1890 g/mol. The van der Waals surface area contributed by atoms with Crippen molar-refractivity contribution in [1.29, 1.82) is 0 Å². The molecule has 0 N–H and O–H groups in total. The van der Waals surface area contributed by atoms with Gasteiger partial charge in [0.1, 0.15) is 22.3 Å². The van der Waals surface area contributed by atoms with Gasteiger partial charge in [-0.1, -0.05) is 429 Å². The highest BCUT2D eigenvalue weighted by Gasteiger charge is 2.45. The summed E-state index contributed by atoms with van der Waals surface area (Å²) < 4.78 is 17.7. The molecule has 6 heteroatoms. The molecule has 5 heterocycles. The average Bonchev–Trinajstić information content (AvgIpc) is 1.57. The van der Waals surface area contributed by atoms with Gasteiger partial charge in [-0.2, -0.15) is 0 Å². The van der Waals surface area contributed by atoms with Crippen molar-refractivity contribution in [2.24, 2.45) is 0 Å². The second-order valence-corrected chi connectivity index (χ2v) is 43.5. The van der Waals surface area contributed by atoms with Crippen LogP contribution in [-0.4, -0.2) is 9.97 Å². The van der Waals surface area contributed by atoms with Crippen LogP contribution >= 0.6 is 22.7 Å². The van der Waals surface area contributed by atoms with Crippen LogP contribution in [0.2, 0.25) is 0 Å². The fraction of sp³-hybridized carbons (Fsp3) is 0.279. The highest BCUT2D eigenvalue weighted by Crippen LogP contribution is 2.58. The molecule has 15 aromatic carbocycles. The fourth-order valence-electron chi connectivity index (χ4n) is 23.3. The molecular weight excluding hydrogens is 1760 g/mol. The van der Waals surface area contributed by atoms with Gasteiger partial charge in [0.15, 0.2) is 5.82 Å². The number of fused-ring (bicyclic) bond motifs is 18. The number of furan rings is 2. The number of rotatable bonds is 38. The summed E-state index contributed by atoms with van der Waals surface area (Å²) in [5, 5.41) is 9.68. The van der Waals surface area contributed by atoms with Gasteiger partial charge >= 0.3 is 0 Å². The van der Waals surface area contributed by atoms with E-state index in [9.17, 15) is 0 Å². The van der Waals surface area contributed by atoms with Crippen molar-refractivity contribution in [3.8, 4) is 89.5 Å². The molecule has 20 aromatic rings. The third-order valence-electron chi connectivity index (χ3n) is 31.2. The van der Waals surface area contributed by atoms with E-state index in [1.165, 1.54) is 331 Å². The Kier molecular flexibility index (Phi) is 28.8. The van der Waals surface area contributed by atoms with E-state index < -0.39 is 0 Å². The molecule has 22 rings (SSSR count). The second kappa shape index (κ2) is 43.0. The van der Waals surface area contributed by atoms with Crippen LogP contribution in [0.5, 0.6) is 0 Å². The second-order valence-electron chi connectivity index (χ2n) is 41.4. The molecule has 0 spiro atoms. The highest BCUT2D eigenvalue weighted by atomic mass is 32.1. The van der Waals surface area contributed by atoms with Gasteiger partial charge in [-0.05, 0) is 257 Å². The Bertz CT molecular complexity index is 7500. The summed E-state index contributed by atoms with van der Waals surface area (Å²) in [4.78, 5) is 11.0. The molecule has 2 aliphatic carbocycles. The maximum atomic E-state index is 6.35. The van der Waals surface area contributed by atoms with Crippen LogP contribution in [0.1, 0.15) is 274 Å². The topological polar surface area (TPSA) is 52.1 Å². The lowest BCUT2D eigenvalue weighted by Gasteiger charge is -2.33. The van der Waals surface area contributed by atoms with Crippen LogP contribution in [0.3, 0.4) is 0 Å². The van der Waals surface area contributed by atoms with Crippen molar-refractivity contribution in [2.45, 2.75) is 246 Å². The number of para-hydroxylation sites is 2. The molecular formula is C136H134N2O2S2. The molecule has 2 aliphatic rings. The number of hydrogen-bond donors (Lipinski definition) is 0. The zero-order valence-electron chi connectivity index (χ0n) is 84.5. The molecule has 0 saturated heterocycles. The summed E-state index contributed by atoms with van der Waals surface area (Å²) in [5.41, 5.74) is 38.3. The van der Waals surface area contributed by atoms with Crippen LogP contribution in [-0.2, 0) is 10.8 Å². The molecule has 0 unspecified atom stereocenters. The summed E-state index contributed by atoms with van der Waals surface area (Å²) in [6.45, 7) is 18.1. The van der Waals surface area contributed by atoms with Gasteiger partial charge in [-0.25, -0.2) is 9.97 Å². The fourth-order valence-corrected chi connectivity index (χ4v) is 25.5. The molecule has 0 amide bonds. The Morgan fingerprint density at radius 1 is 0.225 bits per heavy atom. The lowest BCUT2D eigenvalue weighted by atomic mass is 9.70. The van der Waals surface area contributed by atoms with E-state index in [4.69, 9.17) is 18.8 Å². The van der Waals surface area contributed by atoms with E-state index in [1.807, 2.05) is 28.7 Å². The Labute approximate surface area is 849 Å². The minimum atomic E-state index is -0.0282. The predicted molar refractivity (Wildman–Crippen MR) is 616 cm³/mol. The number of thiophene rings is 2. The van der Waals surface area contributed by atoms with Gasteiger partial charge in [-0.3, -0.25) is 0 Å². The summed E-state index contributed by atoms with van der Waals surface area (Å²) in [5.74, 6) is 0.738. The third-order valence-corrected chi connectivity index (χ3v) is 33.5. The zero-order chi connectivity index (χ0) is 96.6. The van der Waals surface area contributed by atoms with Gasteiger partial charge in [0, 0.05) is 89.4 Å². The predicted octanol–water partition coefficient (Wildman–Crippen LogP) is 41.8. The third kappa shape index (κ3) is 20.0. The summed E-state index contributed by atoms with van der Waals surface area (Å²) in [6, 6.07) is 114. The quantitative estimate of drug-likeness (QED) is 0.0286.